The Kier molecular flexibility index (Phi) is 26.3. The van der Waals surface area contributed by atoms with Crippen molar-refractivity contribution in [2.45, 2.75) is 65.5 Å². The van der Waals surface area contributed by atoms with E-state index in [1.165, 1.54) is 28.1 Å². The number of aromatic nitrogens is 4. The van der Waals surface area contributed by atoms with Crippen LogP contribution in [0.15, 0.2) is 0 Å². The maximum absolute atomic E-state index is 11.6. The van der Waals surface area contributed by atoms with Gasteiger partial charge in [0.25, 0.3) is 0 Å². The molecule has 2 heterocycles. The molecule has 23 heteroatoms. The third-order valence-electron chi connectivity index (χ3n) is 4.86. The Balaban J connectivity index is -0.000000609. The number of halogens is 3. The van der Waals surface area contributed by atoms with Gasteiger partial charge in [0.15, 0.2) is 0 Å². The molecule has 0 spiro atoms. The molecule has 260 valence electrons. The Morgan fingerprint density at radius 2 is 1.21 bits per heavy atom. The van der Waals surface area contributed by atoms with Gasteiger partial charge in [-0.1, -0.05) is 38.3 Å². The lowest BCUT2D eigenvalue weighted by Crippen LogP contribution is -2.31. The van der Waals surface area contributed by atoms with E-state index in [1.54, 1.807) is 0 Å². The molecule has 0 aromatic carbocycles. The number of carbonyl (C=O) groups excluding carboxylic acids is 6. The number of nitrogens with two attached hydrogens (primary N) is 1. The summed E-state index contributed by atoms with van der Waals surface area (Å²) in [6.45, 7) is 6.74. The Morgan fingerprint density at radius 3 is 1.57 bits per heavy atom. The van der Waals surface area contributed by atoms with Crippen molar-refractivity contribution in [3.8, 4) is 0 Å². The molecule has 2 atom stereocenters. The average Bonchev–Trinajstić information content (AvgIpc) is 2.96. The van der Waals surface area contributed by atoms with Gasteiger partial charge in [0, 0.05) is 0 Å². The van der Waals surface area contributed by atoms with Crippen molar-refractivity contribution in [3.63, 3.8) is 0 Å². The molecule has 0 saturated carbocycles. The van der Waals surface area contributed by atoms with Gasteiger partial charge in [0.2, 0.25) is 21.5 Å². The molecule has 0 radical (unpaired) electrons. The number of hydrogen-bond acceptors (Lipinski definition) is 18. The normalized spacial score (nSPS) is 10.3. The average molecular weight is 730 g/mol. The van der Waals surface area contributed by atoms with E-state index in [-0.39, 0.29) is 62.6 Å². The second-order valence-corrected chi connectivity index (χ2v) is 9.13. The molecule has 0 bridgehead atoms. The number of nitrogens with one attached hydrogen (secondary N) is 1. The minimum atomic E-state index is -0.728. The topological polar surface area (TPSA) is 297 Å². The molecule has 0 aliphatic carbocycles. The van der Waals surface area contributed by atoms with Gasteiger partial charge in [-0.05, 0) is 49.9 Å². The van der Waals surface area contributed by atoms with Crippen LogP contribution in [0.25, 0.3) is 0 Å². The van der Waals surface area contributed by atoms with Crippen LogP contribution in [-0.2, 0) is 38.2 Å². The van der Waals surface area contributed by atoms with E-state index in [1.807, 2.05) is 13.8 Å². The van der Waals surface area contributed by atoms with Crippen LogP contribution in [0.5, 0.6) is 0 Å². The second-order valence-electron chi connectivity index (χ2n) is 8.10. The van der Waals surface area contributed by atoms with E-state index < -0.39 is 27.9 Å². The largest absolute Gasteiger partial charge is 0.468 e. The molecule has 0 saturated heterocycles. The van der Waals surface area contributed by atoms with Gasteiger partial charge in [-0.15, -0.1) is 0 Å². The van der Waals surface area contributed by atoms with E-state index in [4.69, 9.17) is 59.7 Å². The molecular formula is C24H31Cl3N8O12. The first kappa shape index (κ1) is 46.7. The summed E-state index contributed by atoms with van der Waals surface area (Å²) in [4.78, 5) is 89.4. The van der Waals surface area contributed by atoms with Gasteiger partial charge in [-0.25, -0.2) is 14.8 Å². The molecule has 0 aliphatic rings. The number of hydrogen-bond donors (Lipinski definition) is 2. The maximum atomic E-state index is 11.6. The predicted octanol–water partition coefficient (Wildman–Crippen LogP) is 3.22. The summed E-state index contributed by atoms with van der Waals surface area (Å²) < 4.78 is 9.05. The van der Waals surface area contributed by atoms with Crippen LogP contribution in [0.1, 0.15) is 50.9 Å². The minimum absolute atomic E-state index is 0.0867. The van der Waals surface area contributed by atoms with Crippen LogP contribution in [0.2, 0.25) is 15.7 Å². The zero-order valence-electron chi connectivity index (χ0n) is 25.8. The number of rotatable bonds is 10. The van der Waals surface area contributed by atoms with E-state index in [0.717, 1.165) is 6.42 Å². The SMILES string of the molecule is CCC[C@H](N)C(=O)OC.CCC[C@H](Nc1nc(Cl)nc(C)c1[N+](=O)[O-])C(=O)OC.Cc1nc(Cl)nc(Cl)c1[N+](=O)[O-].O=C=O.O=C=O. The van der Waals surface area contributed by atoms with Crippen molar-refractivity contribution in [1.29, 1.82) is 0 Å². The van der Waals surface area contributed by atoms with Gasteiger partial charge in [-0.3, -0.25) is 25.0 Å². The standard InChI is InChI=1S/C11H15ClN4O4.C6H13NO2.C5H3Cl2N3O2.2CO2/c1-4-5-7(10(17)20-3)14-9-8(16(18)19)6(2)13-11(12)15-9;1-3-4-5(7)6(8)9-2;1-2-3(10(11)12)4(6)9-5(7)8-2;2*2-1-3/h7H,4-5H2,1-3H3,(H,13,14,15);5H,3-4,7H2,1-2H3;1H3;;/t7-;5-;;;/m00.../s1. The quantitative estimate of drug-likeness (QED) is 0.117. The number of esters is 2. The summed E-state index contributed by atoms with van der Waals surface area (Å²) in [5.41, 5.74) is 5.03. The highest BCUT2D eigenvalue weighted by molar-refractivity contribution is 6.33. The summed E-state index contributed by atoms with van der Waals surface area (Å²) >= 11 is 16.5. The van der Waals surface area contributed by atoms with Crippen LogP contribution < -0.4 is 11.1 Å². The van der Waals surface area contributed by atoms with Crippen LogP contribution >= 0.6 is 34.8 Å². The van der Waals surface area contributed by atoms with Crippen molar-refractivity contribution >= 4 is 76.2 Å². The minimum Gasteiger partial charge on any atom is -0.468 e. The third kappa shape index (κ3) is 19.4. The molecule has 0 unspecified atom stereocenters. The van der Waals surface area contributed by atoms with Crippen LogP contribution in [0, 0.1) is 34.1 Å². The Labute approximate surface area is 282 Å². The molecule has 47 heavy (non-hydrogen) atoms. The first-order valence-electron chi connectivity index (χ1n) is 12.7. The fourth-order valence-corrected chi connectivity index (χ4v) is 3.74. The Hall–Kier alpha value is -4.71. The fourth-order valence-electron chi connectivity index (χ4n) is 2.98. The van der Waals surface area contributed by atoms with Gasteiger partial charge < -0.3 is 20.5 Å². The predicted molar refractivity (Wildman–Crippen MR) is 161 cm³/mol. The molecule has 2 aromatic heterocycles. The number of nitro groups is 2. The van der Waals surface area contributed by atoms with Gasteiger partial charge in [0.1, 0.15) is 23.5 Å². The number of aryl methyl sites for hydroxylation is 2. The summed E-state index contributed by atoms with van der Waals surface area (Å²) in [6.07, 6.45) is 3.26. The molecule has 2 aromatic rings. The lowest BCUT2D eigenvalue weighted by Gasteiger charge is -2.16. The van der Waals surface area contributed by atoms with E-state index in [0.29, 0.717) is 19.3 Å². The van der Waals surface area contributed by atoms with Crippen LogP contribution in [0.3, 0.4) is 0 Å². The monoisotopic (exact) mass is 728 g/mol. The third-order valence-corrected chi connectivity index (χ3v) is 5.46. The van der Waals surface area contributed by atoms with Crippen molar-refractivity contribution in [2.24, 2.45) is 5.73 Å². The number of ether oxygens (including phenoxy) is 2. The number of anilines is 1. The summed E-state index contributed by atoms with van der Waals surface area (Å²) in [5.74, 6) is -0.929. The van der Waals surface area contributed by atoms with Crippen LogP contribution in [0.4, 0.5) is 17.2 Å². The van der Waals surface area contributed by atoms with Crippen molar-refractivity contribution < 1.29 is 48.1 Å². The van der Waals surface area contributed by atoms with E-state index in [9.17, 15) is 29.8 Å². The zero-order chi connectivity index (χ0) is 37.3. The summed E-state index contributed by atoms with van der Waals surface area (Å²) in [5, 5.41) is 23.7. The smallest absolute Gasteiger partial charge is 0.373 e. The Morgan fingerprint density at radius 1 is 0.809 bits per heavy atom. The van der Waals surface area contributed by atoms with Gasteiger partial charge in [0.05, 0.1) is 24.1 Å². The number of nitrogens with zero attached hydrogens (tertiary/aromatic N) is 6. The molecule has 20 nitrogen and oxygen atoms in total. The maximum Gasteiger partial charge on any atom is 0.373 e. The lowest BCUT2D eigenvalue weighted by molar-refractivity contribution is -0.385. The molecule has 0 amide bonds. The molecular weight excluding hydrogens is 699 g/mol. The molecule has 2 rings (SSSR count). The van der Waals surface area contributed by atoms with Gasteiger partial charge in [-0.2, -0.15) is 29.1 Å². The van der Waals surface area contributed by atoms with Crippen molar-refractivity contribution in [2.75, 3.05) is 19.5 Å². The molecule has 0 aliphatic heterocycles. The van der Waals surface area contributed by atoms with Gasteiger partial charge >= 0.3 is 35.6 Å². The van der Waals surface area contributed by atoms with Crippen molar-refractivity contribution in [3.05, 3.63) is 47.3 Å². The van der Waals surface area contributed by atoms with E-state index >= 15 is 0 Å². The number of methoxy groups -OCH3 is 2. The fraction of sp³-hybridized carbons (Fsp3) is 0.500. The summed E-state index contributed by atoms with van der Waals surface area (Å²) in [7, 11) is 2.59. The van der Waals surface area contributed by atoms with Crippen LogP contribution in [-0.4, -0.2) is 80.3 Å². The molecule has 3 N–H and O–H groups in total. The Bertz CT molecular complexity index is 1370. The zero-order valence-corrected chi connectivity index (χ0v) is 28.0. The highest BCUT2D eigenvalue weighted by Crippen LogP contribution is 2.28. The second kappa shape index (κ2) is 26.5. The molecule has 0 fully saturated rings. The van der Waals surface area contributed by atoms with E-state index in [2.05, 4.69) is 34.7 Å². The van der Waals surface area contributed by atoms with Crippen molar-refractivity contribution in [1.82, 2.24) is 19.9 Å². The first-order chi connectivity index (χ1) is 22.0. The lowest BCUT2D eigenvalue weighted by atomic mass is 10.1. The highest BCUT2D eigenvalue weighted by atomic mass is 35.5. The first-order valence-corrected chi connectivity index (χ1v) is 13.8. The summed E-state index contributed by atoms with van der Waals surface area (Å²) in [6, 6.07) is -1.16. The number of carbonyl (C=O) groups is 2. The highest BCUT2D eigenvalue weighted by Gasteiger charge is 2.27.